The molecule has 0 fully saturated rings. The molecule has 19 heavy (non-hydrogen) atoms. The van der Waals surface area contributed by atoms with Crippen LogP contribution in [0.3, 0.4) is 0 Å². The number of benzene rings is 1. The average molecular weight is 268 g/mol. The van der Waals surface area contributed by atoms with E-state index >= 15 is 0 Å². The fourth-order valence-corrected chi connectivity index (χ4v) is 1.57. The maximum atomic E-state index is 10.5. The minimum absolute atomic E-state index is 0.0754. The molecule has 0 saturated carbocycles. The lowest BCUT2D eigenvalue weighted by molar-refractivity contribution is -0.384. The van der Waals surface area contributed by atoms with Gasteiger partial charge in [-0.2, -0.15) is 0 Å². The fourth-order valence-electron chi connectivity index (χ4n) is 1.57. The molecule has 1 aromatic carbocycles. The second-order valence-electron chi connectivity index (χ2n) is 4.98. The molecule has 1 rings (SSSR count). The Morgan fingerprint density at radius 2 is 1.84 bits per heavy atom. The Labute approximate surface area is 112 Å². The molecule has 0 atom stereocenters. The summed E-state index contributed by atoms with van der Waals surface area (Å²) < 4.78 is 0. The van der Waals surface area contributed by atoms with E-state index in [0.29, 0.717) is 13.1 Å². The molecule has 6 heteroatoms. The summed E-state index contributed by atoms with van der Waals surface area (Å²) in [6.07, 6.45) is 0.741. The van der Waals surface area contributed by atoms with Gasteiger partial charge in [0.25, 0.3) is 5.69 Å². The van der Waals surface area contributed by atoms with Crippen LogP contribution in [0.15, 0.2) is 24.3 Å². The monoisotopic (exact) mass is 268 g/mol. The number of aliphatic hydroxyl groups excluding tert-OH is 2. The van der Waals surface area contributed by atoms with E-state index < -0.39 is 10.3 Å². The van der Waals surface area contributed by atoms with E-state index in [2.05, 4.69) is 5.32 Å². The maximum absolute atomic E-state index is 10.5. The predicted molar refractivity (Wildman–Crippen MR) is 71.9 cm³/mol. The van der Waals surface area contributed by atoms with E-state index in [9.17, 15) is 10.1 Å². The van der Waals surface area contributed by atoms with E-state index in [1.54, 1.807) is 19.1 Å². The van der Waals surface area contributed by atoms with E-state index in [0.717, 1.165) is 12.0 Å². The molecule has 106 valence electrons. The molecule has 3 N–H and O–H groups in total. The van der Waals surface area contributed by atoms with Crippen molar-refractivity contribution >= 4 is 5.69 Å². The molecule has 0 radical (unpaired) electrons. The summed E-state index contributed by atoms with van der Waals surface area (Å²) in [5, 5.41) is 31.9. The molecule has 0 unspecified atom stereocenters. The van der Waals surface area contributed by atoms with Gasteiger partial charge in [0, 0.05) is 24.1 Å². The molecule has 0 amide bonds. The Morgan fingerprint density at radius 1 is 1.26 bits per heavy atom. The number of rotatable bonds is 8. The Hall–Kier alpha value is -1.50. The second-order valence-corrected chi connectivity index (χ2v) is 4.98. The molecule has 1 aromatic rings. The maximum Gasteiger partial charge on any atom is 0.269 e. The lowest BCUT2D eigenvalue weighted by Gasteiger charge is -2.24. The van der Waals surface area contributed by atoms with E-state index in [1.807, 2.05) is 0 Å². The van der Waals surface area contributed by atoms with Gasteiger partial charge in [-0.3, -0.25) is 10.1 Å². The van der Waals surface area contributed by atoms with Crippen LogP contribution in [0, 0.1) is 15.5 Å². The lowest BCUT2D eigenvalue weighted by Crippen LogP contribution is -2.38. The van der Waals surface area contributed by atoms with Crippen LogP contribution in [0.4, 0.5) is 5.69 Å². The zero-order valence-corrected chi connectivity index (χ0v) is 11.0. The molecule has 0 spiro atoms. The van der Waals surface area contributed by atoms with Crippen LogP contribution in [0.1, 0.15) is 12.5 Å². The molecule has 0 aliphatic carbocycles. The quantitative estimate of drug-likeness (QED) is 0.367. The Balaban J connectivity index is 2.35. The van der Waals surface area contributed by atoms with Crippen LogP contribution in [0.2, 0.25) is 0 Å². The lowest BCUT2D eigenvalue weighted by atomic mass is 9.93. The first-order valence-corrected chi connectivity index (χ1v) is 6.16. The van der Waals surface area contributed by atoms with Crippen LogP contribution in [0.5, 0.6) is 0 Å². The smallest absolute Gasteiger partial charge is 0.269 e. The number of hydrogen-bond donors (Lipinski definition) is 3. The number of nitrogens with zero attached hydrogens (tertiary/aromatic N) is 1. The van der Waals surface area contributed by atoms with Crippen LogP contribution >= 0.6 is 0 Å². The van der Waals surface area contributed by atoms with Crippen molar-refractivity contribution in [2.24, 2.45) is 5.41 Å². The van der Waals surface area contributed by atoms with Gasteiger partial charge in [0.1, 0.15) is 0 Å². The molecule has 0 heterocycles. The largest absolute Gasteiger partial charge is 0.396 e. The highest BCUT2D eigenvalue weighted by Crippen LogP contribution is 2.13. The predicted octanol–water partition coefficient (Wildman–Crippen LogP) is 0.718. The van der Waals surface area contributed by atoms with Crippen molar-refractivity contribution in [3.63, 3.8) is 0 Å². The van der Waals surface area contributed by atoms with Gasteiger partial charge in [-0.05, 0) is 18.5 Å². The van der Waals surface area contributed by atoms with Crippen LogP contribution < -0.4 is 5.32 Å². The van der Waals surface area contributed by atoms with E-state index in [-0.39, 0.29) is 18.9 Å². The fraction of sp³-hybridized carbons (Fsp3) is 0.538. The van der Waals surface area contributed by atoms with Gasteiger partial charge in [-0.25, -0.2) is 0 Å². The molecule has 0 aliphatic heterocycles. The molecular formula is C13H20N2O4. The van der Waals surface area contributed by atoms with Crippen molar-refractivity contribution < 1.29 is 15.1 Å². The van der Waals surface area contributed by atoms with Gasteiger partial charge in [0.2, 0.25) is 0 Å². The first-order chi connectivity index (χ1) is 9.00. The highest BCUT2D eigenvalue weighted by atomic mass is 16.6. The summed E-state index contributed by atoms with van der Waals surface area (Å²) in [6, 6.07) is 6.44. The summed E-state index contributed by atoms with van der Waals surface area (Å²) in [4.78, 5) is 10.1. The second kappa shape index (κ2) is 7.18. The standard InChI is InChI=1S/C13H20N2O4/c1-13(9-16,10-17)8-14-7-6-11-2-4-12(5-3-11)15(18)19/h2-5,14,16-17H,6-10H2,1H3. The van der Waals surface area contributed by atoms with Crippen LogP contribution in [0.25, 0.3) is 0 Å². The van der Waals surface area contributed by atoms with Gasteiger partial charge in [-0.15, -0.1) is 0 Å². The zero-order chi connectivity index (χ0) is 14.3. The van der Waals surface area contributed by atoms with Gasteiger partial charge < -0.3 is 15.5 Å². The highest BCUT2D eigenvalue weighted by Gasteiger charge is 2.21. The topological polar surface area (TPSA) is 95.6 Å². The minimum atomic E-state index is -0.518. The third kappa shape index (κ3) is 4.94. The van der Waals surface area contributed by atoms with E-state index in [4.69, 9.17) is 10.2 Å². The van der Waals surface area contributed by atoms with Gasteiger partial charge in [-0.1, -0.05) is 19.1 Å². The highest BCUT2D eigenvalue weighted by molar-refractivity contribution is 5.32. The first kappa shape index (κ1) is 15.6. The number of nitro groups is 1. The number of hydrogen-bond acceptors (Lipinski definition) is 5. The van der Waals surface area contributed by atoms with Crippen molar-refractivity contribution in [3.05, 3.63) is 39.9 Å². The Bertz CT molecular complexity index is 402. The van der Waals surface area contributed by atoms with Gasteiger partial charge in [0.05, 0.1) is 18.1 Å². The third-order valence-electron chi connectivity index (χ3n) is 3.05. The third-order valence-corrected chi connectivity index (χ3v) is 3.05. The number of non-ortho nitro benzene ring substituents is 1. The van der Waals surface area contributed by atoms with E-state index in [1.165, 1.54) is 12.1 Å². The molecule has 0 saturated heterocycles. The van der Waals surface area contributed by atoms with Gasteiger partial charge >= 0.3 is 0 Å². The summed E-state index contributed by atoms with van der Waals surface area (Å²) >= 11 is 0. The van der Waals surface area contributed by atoms with Crippen LogP contribution in [-0.4, -0.2) is 41.4 Å². The Morgan fingerprint density at radius 3 is 2.32 bits per heavy atom. The normalized spacial score (nSPS) is 11.5. The van der Waals surface area contributed by atoms with Crippen LogP contribution in [-0.2, 0) is 6.42 Å². The minimum Gasteiger partial charge on any atom is -0.396 e. The van der Waals surface area contributed by atoms with Crippen molar-refractivity contribution in [1.29, 1.82) is 0 Å². The zero-order valence-electron chi connectivity index (χ0n) is 11.0. The number of nitro benzene ring substituents is 1. The van der Waals surface area contributed by atoms with Crippen molar-refractivity contribution in [3.8, 4) is 0 Å². The summed E-state index contributed by atoms with van der Waals surface area (Å²) in [5.74, 6) is 0. The number of aliphatic hydroxyl groups is 2. The summed E-state index contributed by atoms with van der Waals surface area (Å²) in [7, 11) is 0. The summed E-state index contributed by atoms with van der Waals surface area (Å²) in [5.41, 5.74) is 0.577. The molecular weight excluding hydrogens is 248 g/mol. The average Bonchev–Trinajstić information content (AvgIpc) is 2.44. The van der Waals surface area contributed by atoms with Crippen molar-refractivity contribution in [2.45, 2.75) is 13.3 Å². The van der Waals surface area contributed by atoms with Gasteiger partial charge in [0.15, 0.2) is 0 Å². The number of nitrogens with one attached hydrogen (secondary N) is 1. The summed E-state index contributed by atoms with van der Waals surface area (Å²) in [6.45, 7) is 2.86. The molecule has 0 aliphatic rings. The Kier molecular flexibility index (Phi) is 5.88. The van der Waals surface area contributed by atoms with Crippen molar-refractivity contribution in [1.82, 2.24) is 5.32 Å². The molecule has 0 bridgehead atoms. The molecule has 0 aromatic heterocycles. The first-order valence-electron chi connectivity index (χ1n) is 6.16. The van der Waals surface area contributed by atoms with Crippen molar-refractivity contribution in [2.75, 3.05) is 26.3 Å². The molecule has 6 nitrogen and oxygen atoms in total. The SMILES string of the molecule is CC(CO)(CO)CNCCc1ccc([N+](=O)[O-])cc1.